The first kappa shape index (κ1) is 17.2. The zero-order valence-electron chi connectivity index (χ0n) is 12.1. The second kappa shape index (κ2) is 12.7. The first-order valence-corrected chi connectivity index (χ1v) is 7.32. The Bertz CT molecular complexity index is 221. The highest BCUT2D eigenvalue weighted by atomic mass is 16.5. The number of hydrogen-bond donors (Lipinski definition) is 0. The van der Waals surface area contributed by atoms with Crippen LogP contribution in [0.15, 0.2) is 12.2 Å². The van der Waals surface area contributed by atoms with Crippen LogP contribution in [0.4, 0.5) is 0 Å². The Balaban J connectivity index is 3.58. The highest BCUT2D eigenvalue weighted by Gasteiger charge is 2.10. The number of unbranched alkanes of at least 4 members (excludes halogenated alkanes) is 5. The van der Waals surface area contributed by atoms with E-state index in [2.05, 4.69) is 19.9 Å². The molecule has 0 bridgehead atoms. The lowest BCUT2D eigenvalue weighted by Crippen LogP contribution is -2.16. The van der Waals surface area contributed by atoms with Gasteiger partial charge in [0, 0.05) is 6.92 Å². The number of carbonyl (C=O) groups is 1. The van der Waals surface area contributed by atoms with Crippen LogP contribution in [0.2, 0.25) is 0 Å². The fourth-order valence-corrected chi connectivity index (χ4v) is 2.03. The van der Waals surface area contributed by atoms with Crippen molar-refractivity contribution in [2.24, 2.45) is 0 Å². The van der Waals surface area contributed by atoms with Crippen molar-refractivity contribution >= 4 is 5.97 Å². The molecule has 0 aromatic carbocycles. The number of carbonyl (C=O) groups excluding carboxylic acids is 1. The van der Waals surface area contributed by atoms with Crippen LogP contribution in [0.3, 0.4) is 0 Å². The van der Waals surface area contributed by atoms with Gasteiger partial charge >= 0.3 is 5.97 Å². The first-order valence-electron chi connectivity index (χ1n) is 7.32. The van der Waals surface area contributed by atoms with E-state index in [4.69, 9.17) is 4.74 Å². The monoisotopic (exact) mass is 253 g/mol. The topological polar surface area (TPSA) is 26.3 Å². The Morgan fingerprint density at radius 3 is 2.44 bits per heavy atom. The Kier molecular flexibility index (Phi) is 12.1. The number of allylic oxidation sites excluding steroid dienone is 2. The summed E-state index contributed by atoms with van der Waals surface area (Å²) in [6.45, 7) is 7.34. The predicted octanol–water partition coefficient (Wildman–Crippen LogP) is 4.84. The molecule has 0 aromatic rings. The third-order valence-corrected chi connectivity index (χ3v) is 3.03. The van der Waals surface area contributed by atoms with Crippen LogP contribution in [0.1, 0.15) is 71.6 Å². The van der Waals surface area contributed by atoms with Gasteiger partial charge in [0.25, 0.3) is 0 Å². The van der Waals surface area contributed by atoms with Gasteiger partial charge in [-0.1, -0.05) is 44.8 Å². The highest BCUT2D eigenvalue weighted by molar-refractivity contribution is 5.66. The Morgan fingerprint density at radius 1 is 1.17 bits per heavy atom. The molecule has 0 aromatic heterocycles. The van der Waals surface area contributed by atoms with Gasteiger partial charge in [0.1, 0.15) is 6.10 Å². The van der Waals surface area contributed by atoms with Crippen molar-refractivity contribution < 1.29 is 9.53 Å². The van der Waals surface area contributed by atoms with Gasteiger partial charge in [0.15, 0.2) is 0 Å². The van der Waals surface area contributed by atoms with Crippen LogP contribution in [-0.4, -0.2) is 12.1 Å². The molecule has 0 aliphatic carbocycles. The number of rotatable bonds is 11. The third kappa shape index (κ3) is 11.7. The van der Waals surface area contributed by atoms with E-state index in [1.807, 2.05) is 6.08 Å². The highest BCUT2D eigenvalue weighted by Crippen LogP contribution is 2.14. The summed E-state index contributed by atoms with van der Waals surface area (Å²) in [5.74, 6) is -0.142. The summed E-state index contributed by atoms with van der Waals surface area (Å²) in [6, 6.07) is 0. The van der Waals surface area contributed by atoms with Crippen LogP contribution in [0.25, 0.3) is 0 Å². The molecule has 2 nitrogen and oxygen atoms in total. The van der Waals surface area contributed by atoms with Gasteiger partial charge in [0.05, 0.1) is 0 Å². The van der Waals surface area contributed by atoms with Crippen molar-refractivity contribution in [3.05, 3.63) is 19.1 Å². The van der Waals surface area contributed by atoms with Gasteiger partial charge in [-0.05, 0) is 39.0 Å². The molecule has 0 saturated heterocycles. The first-order chi connectivity index (χ1) is 8.70. The van der Waals surface area contributed by atoms with Gasteiger partial charge in [-0.2, -0.15) is 0 Å². The Labute approximate surface area is 113 Å². The second-order valence-electron chi connectivity index (χ2n) is 4.84. The van der Waals surface area contributed by atoms with E-state index in [1.165, 1.54) is 26.2 Å². The number of ether oxygens (including phenoxy) is 1. The predicted molar refractivity (Wildman–Crippen MR) is 77.3 cm³/mol. The number of esters is 1. The van der Waals surface area contributed by atoms with Crippen molar-refractivity contribution in [3.8, 4) is 0 Å². The van der Waals surface area contributed by atoms with E-state index >= 15 is 0 Å². The molecule has 0 saturated carbocycles. The van der Waals surface area contributed by atoms with E-state index in [1.54, 1.807) is 0 Å². The van der Waals surface area contributed by atoms with E-state index in [0.29, 0.717) is 0 Å². The molecule has 0 fully saturated rings. The van der Waals surface area contributed by atoms with Crippen molar-refractivity contribution in [2.75, 3.05) is 0 Å². The molecule has 0 heterocycles. The summed E-state index contributed by atoms with van der Waals surface area (Å²) in [5.41, 5.74) is 0. The van der Waals surface area contributed by atoms with Crippen LogP contribution in [0.5, 0.6) is 0 Å². The molecule has 2 heteroatoms. The maximum Gasteiger partial charge on any atom is 0.302 e. The standard InChI is InChI=1S/C16H29O2/c1-4-6-8-9-10-11-12-14-16(13-7-5-2)18-15(3)17/h4,6,16H,1,5,7-14H2,2-3H3. The maximum absolute atomic E-state index is 11.0. The minimum atomic E-state index is -0.142. The summed E-state index contributed by atoms with van der Waals surface area (Å²) in [7, 11) is 0. The van der Waals surface area contributed by atoms with Crippen LogP contribution >= 0.6 is 0 Å². The van der Waals surface area contributed by atoms with Crippen LogP contribution in [-0.2, 0) is 9.53 Å². The smallest absolute Gasteiger partial charge is 0.302 e. The van der Waals surface area contributed by atoms with E-state index in [-0.39, 0.29) is 12.1 Å². The summed E-state index contributed by atoms with van der Waals surface area (Å²) in [4.78, 5) is 11.0. The molecule has 1 radical (unpaired) electrons. The third-order valence-electron chi connectivity index (χ3n) is 3.03. The summed E-state index contributed by atoms with van der Waals surface area (Å²) >= 11 is 0. The minimum absolute atomic E-state index is 0.141. The molecule has 0 spiro atoms. The molecule has 18 heavy (non-hydrogen) atoms. The summed E-state index contributed by atoms with van der Waals surface area (Å²) in [5, 5.41) is 0. The molecule has 105 valence electrons. The second-order valence-corrected chi connectivity index (χ2v) is 4.84. The van der Waals surface area contributed by atoms with Gasteiger partial charge < -0.3 is 4.74 Å². The minimum Gasteiger partial charge on any atom is -0.463 e. The van der Waals surface area contributed by atoms with Crippen molar-refractivity contribution in [3.63, 3.8) is 0 Å². The fourth-order valence-electron chi connectivity index (χ4n) is 2.03. The van der Waals surface area contributed by atoms with Crippen molar-refractivity contribution in [1.29, 1.82) is 0 Å². The average Bonchev–Trinajstić information content (AvgIpc) is 2.34. The van der Waals surface area contributed by atoms with Gasteiger partial charge in [-0.3, -0.25) is 4.79 Å². The van der Waals surface area contributed by atoms with Gasteiger partial charge in [-0.25, -0.2) is 0 Å². The SMILES string of the molecule is [CH2]C=CCCCCCCC(CCCC)OC(C)=O. The maximum atomic E-state index is 11.0. The lowest BCUT2D eigenvalue weighted by Gasteiger charge is -2.16. The molecule has 1 unspecified atom stereocenters. The molecular formula is C16H29O2. The largest absolute Gasteiger partial charge is 0.463 e. The van der Waals surface area contributed by atoms with Crippen LogP contribution in [0, 0.1) is 6.92 Å². The van der Waals surface area contributed by atoms with Crippen molar-refractivity contribution in [2.45, 2.75) is 77.7 Å². The molecule has 0 aliphatic heterocycles. The van der Waals surface area contributed by atoms with E-state index in [0.717, 1.165) is 38.5 Å². The fraction of sp³-hybridized carbons (Fsp3) is 0.750. The number of hydrogen-bond acceptors (Lipinski definition) is 2. The zero-order valence-corrected chi connectivity index (χ0v) is 12.1. The Morgan fingerprint density at radius 2 is 1.83 bits per heavy atom. The van der Waals surface area contributed by atoms with E-state index < -0.39 is 0 Å². The van der Waals surface area contributed by atoms with Crippen molar-refractivity contribution in [1.82, 2.24) is 0 Å². The molecule has 0 N–H and O–H groups in total. The lowest BCUT2D eigenvalue weighted by atomic mass is 10.0. The quantitative estimate of drug-likeness (QED) is 0.389. The molecule has 0 aliphatic rings. The summed E-state index contributed by atoms with van der Waals surface area (Å²) in [6.07, 6.45) is 14.5. The Hall–Kier alpha value is -0.790. The van der Waals surface area contributed by atoms with Gasteiger partial charge in [-0.15, -0.1) is 0 Å². The van der Waals surface area contributed by atoms with E-state index in [9.17, 15) is 4.79 Å². The lowest BCUT2D eigenvalue weighted by molar-refractivity contribution is -0.147. The van der Waals surface area contributed by atoms with Crippen LogP contribution < -0.4 is 0 Å². The molecule has 0 amide bonds. The molecular weight excluding hydrogens is 224 g/mol. The molecule has 0 rings (SSSR count). The summed E-state index contributed by atoms with van der Waals surface area (Å²) < 4.78 is 5.34. The zero-order chi connectivity index (χ0) is 13.6. The normalized spacial score (nSPS) is 12.8. The average molecular weight is 253 g/mol. The van der Waals surface area contributed by atoms with Gasteiger partial charge in [0.2, 0.25) is 0 Å². The molecule has 1 atom stereocenters.